The Balaban J connectivity index is 1.95. The molecule has 4 nitrogen and oxygen atoms in total. The summed E-state index contributed by atoms with van der Waals surface area (Å²) in [5, 5.41) is 0.797. The number of hydrogen-bond donors (Lipinski definition) is 1. The van der Waals surface area contributed by atoms with Gasteiger partial charge in [0.05, 0.1) is 17.3 Å². The summed E-state index contributed by atoms with van der Waals surface area (Å²) in [6, 6.07) is 6.04. The monoisotopic (exact) mass is 276 g/mol. The molecule has 2 N–H and O–H groups in total. The summed E-state index contributed by atoms with van der Waals surface area (Å²) < 4.78 is 2.19. The van der Waals surface area contributed by atoms with Gasteiger partial charge in [0.1, 0.15) is 5.82 Å². The molecule has 0 bridgehead atoms. The van der Waals surface area contributed by atoms with Crippen LogP contribution >= 0.6 is 11.6 Å². The van der Waals surface area contributed by atoms with E-state index in [1.54, 1.807) is 0 Å². The lowest BCUT2D eigenvalue weighted by atomic mass is 10.1. The summed E-state index contributed by atoms with van der Waals surface area (Å²) in [7, 11) is 0. The third-order valence-electron chi connectivity index (χ3n) is 3.55. The summed E-state index contributed by atoms with van der Waals surface area (Å²) in [4.78, 5) is 6.69. The Morgan fingerprint density at radius 3 is 3.05 bits per heavy atom. The number of hydrogen-bond acceptors (Lipinski definition) is 3. The van der Waals surface area contributed by atoms with Gasteiger partial charge in [-0.2, -0.15) is 0 Å². The highest BCUT2D eigenvalue weighted by atomic mass is 35.5. The number of aromatic nitrogens is 2. The maximum Gasteiger partial charge on any atom is 0.128 e. The van der Waals surface area contributed by atoms with Crippen molar-refractivity contribution in [2.45, 2.75) is 19.5 Å². The van der Waals surface area contributed by atoms with Crippen molar-refractivity contribution >= 4 is 17.3 Å². The van der Waals surface area contributed by atoms with Crippen molar-refractivity contribution in [3.05, 3.63) is 47.0 Å². The van der Waals surface area contributed by atoms with E-state index in [2.05, 4.69) is 20.5 Å². The van der Waals surface area contributed by atoms with Gasteiger partial charge in [-0.1, -0.05) is 23.7 Å². The van der Waals surface area contributed by atoms with Crippen LogP contribution in [0.3, 0.4) is 0 Å². The Labute approximate surface area is 117 Å². The quantitative estimate of drug-likeness (QED) is 0.933. The van der Waals surface area contributed by atoms with Gasteiger partial charge in [-0.15, -0.1) is 0 Å². The molecule has 0 fully saturated rings. The Morgan fingerprint density at radius 1 is 1.32 bits per heavy atom. The van der Waals surface area contributed by atoms with Crippen molar-refractivity contribution in [1.82, 2.24) is 9.55 Å². The van der Waals surface area contributed by atoms with Crippen LogP contribution in [-0.2, 0) is 19.5 Å². The minimum Gasteiger partial charge on any atom is -0.361 e. The predicted molar refractivity (Wildman–Crippen MR) is 77.5 cm³/mol. The molecule has 0 radical (unpaired) electrons. The van der Waals surface area contributed by atoms with Gasteiger partial charge in [0, 0.05) is 25.5 Å². The summed E-state index contributed by atoms with van der Waals surface area (Å²) >= 11 is 6.39. The fourth-order valence-electron chi connectivity index (χ4n) is 2.64. The van der Waals surface area contributed by atoms with Crippen LogP contribution in [0.2, 0.25) is 5.02 Å². The molecule has 0 amide bonds. The second-order valence-corrected chi connectivity index (χ2v) is 5.15. The first-order valence-electron chi connectivity index (χ1n) is 6.52. The zero-order valence-corrected chi connectivity index (χ0v) is 11.5. The van der Waals surface area contributed by atoms with E-state index in [4.69, 9.17) is 17.3 Å². The normalized spacial score (nSPS) is 14.5. The molecule has 100 valence electrons. The second-order valence-electron chi connectivity index (χ2n) is 4.74. The van der Waals surface area contributed by atoms with Gasteiger partial charge < -0.3 is 15.2 Å². The Hall–Kier alpha value is -1.52. The lowest BCUT2D eigenvalue weighted by molar-refractivity contribution is 0.559. The minimum absolute atomic E-state index is 0.635. The first-order chi connectivity index (χ1) is 9.29. The highest BCUT2D eigenvalue weighted by Crippen LogP contribution is 2.32. The third-order valence-corrected chi connectivity index (χ3v) is 3.85. The lowest BCUT2D eigenvalue weighted by Gasteiger charge is -2.32. The Kier molecular flexibility index (Phi) is 3.44. The molecule has 19 heavy (non-hydrogen) atoms. The van der Waals surface area contributed by atoms with Gasteiger partial charge in [-0.05, 0) is 24.6 Å². The van der Waals surface area contributed by atoms with Gasteiger partial charge in [-0.3, -0.25) is 0 Å². The Morgan fingerprint density at radius 2 is 2.21 bits per heavy atom. The minimum atomic E-state index is 0.635. The number of rotatable bonds is 3. The van der Waals surface area contributed by atoms with Crippen LogP contribution < -0.4 is 10.6 Å². The molecule has 1 aromatic carbocycles. The molecule has 0 unspecified atom stereocenters. The summed E-state index contributed by atoms with van der Waals surface area (Å²) in [6.45, 7) is 3.33. The predicted octanol–water partition coefficient (Wildman–Crippen LogP) is 2.06. The van der Waals surface area contributed by atoms with E-state index in [1.807, 2.05) is 24.5 Å². The molecule has 0 saturated carbocycles. The summed E-state index contributed by atoms with van der Waals surface area (Å²) in [5.41, 5.74) is 8.02. The van der Waals surface area contributed by atoms with Gasteiger partial charge in [0.15, 0.2) is 0 Å². The largest absolute Gasteiger partial charge is 0.361 e. The van der Waals surface area contributed by atoms with Crippen LogP contribution in [0.4, 0.5) is 5.69 Å². The average molecular weight is 277 g/mol. The number of fused-ring (bicyclic) bond motifs is 1. The van der Waals surface area contributed by atoms with Crippen LogP contribution in [0.25, 0.3) is 0 Å². The molecular weight excluding hydrogens is 260 g/mol. The fraction of sp³-hybridized carbons (Fsp3) is 0.357. The van der Waals surface area contributed by atoms with Gasteiger partial charge >= 0.3 is 0 Å². The maximum atomic E-state index is 6.39. The molecule has 2 heterocycles. The number of imidazole rings is 1. The molecule has 0 atom stereocenters. The zero-order chi connectivity index (χ0) is 13.2. The number of benzene rings is 1. The summed E-state index contributed by atoms with van der Waals surface area (Å²) in [5.74, 6) is 1.09. The molecular formula is C14H17ClN4. The van der Waals surface area contributed by atoms with Crippen LogP contribution in [0.15, 0.2) is 30.6 Å². The molecule has 0 spiro atoms. The molecule has 0 saturated heterocycles. The van der Waals surface area contributed by atoms with E-state index in [0.29, 0.717) is 6.54 Å². The van der Waals surface area contributed by atoms with E-state index in [9.17, 15) is 0 Å². The fourth-order valence-corrected chi connectivity index (χ4v) is 2.95. The first-order valence-corrected chi connectivity index (χ1v) is 6.90. The number of anilines is 1. The highest BCUT2D eigenvalue weighted by Gasteiger charge is 2.20. The van der Waals surface area contributed by atoms with Gasteiger partial charge in [0.25, 0.3) is 0 Å². The Bertz CT molecular complexity index is 579. The first kappa shape index (κ1) is 12.5. The van der Waals surface area contributed by atoms with E-state index in [1.165, 1.54) is 5.56 Å². The van der Waals surface area contributed by atoms with Crippen LogP contribution in [0, 0.1) is 0 Å². The van der Waals surface area contributed by atoms with Crippen molar-refractivity contribution < 1.29 is 0 Å². The standard InChI is InChI=1S/C14H17ClN4/c15-12-3-1-2-11(4-5-16)14(12)19-9-8-18-7-6-17-13(18)10-19/h1-3,6-7H,4-5,8-10,16H2. The number of nitrogens with zero attached hydrogens (tertiary/aromatic N) is 3. The second kappa shape index (κ2) is 5.23. The van der Waals surface area contributed by atoms with E-state index in [-0.39, 0.29) is 0 Å². The molecule has 1 aliphatic heterocycles. The number of para-hydroxylation sites is 1. The van der Waals surface area contributed by atoms with Gasteiger partial charge in [0.2, 0.25) is 0 Å². The van der Waals surface area contributed by atoms with E-state index >= 15 is 0 Å². The zero-order valence-electron chi connectivity index (χ0n) is 10.7. The lowest BCUT2D eigenvalue weighted by Crippen LogP contribution is -2.34. The summed E-state index contributed by atoms with van der Waals surface area (Å²) in [6.07, 6.45) is 4.73. The van der Waals surface area contributed by atoms with E-state index < -0.39 is 0 Å². The van der Waals surface area contributed by atoms with Gasteiger partial charge in [-0.25, -0.2) is 4.98 Å². The third kappa shape index (κ3) is 2.33. The van der Waals surface area contributed by atoms with Crippen molar-refractivity contribution in [3.63, 3.8) is 0 Å². The molecule has 0 aliphatic carbocycles. The van der Waals surface area contributed by atoms with Crippen LogP contribution in [0.1, 0.15) is 11.4 Å². The maximum absolute atomic E-state index is 6.39. The van der Waals surface area contributed by atoms with Crippen molar-refractivity contribution in [1.29, 1.82) is 0 Å². The van der Waals surface area contributed by atoms with Crippen LogP contribution in [-0.4, -0.2) is 22.6 Å². The molecule has 1 aromatic heterocycles. The van der Waals surface area contributed by atoms with Crippen LogP contribution in [0.5, 0.6) is 0 Å². The number of nitrogens with two attached hydrogens (primary N) is 1. The highest BCUT2D eigenvalue weighted by molar-refractivity contribution is 6.33. The van der Waals surface area contributed by atoms with Crippen molar-refractivity contribution in [2.24, 2.45) is 5.73 Å². The van der Waals surface area contributed by atoms with Crippen molar-refractivity contribution in [3.8, 4) is 0 Å². The molecule has 1 aliphatic rings. The number of halogens is 1. The molecule has 2 aromatic rings. The molecule has 5 heteroatoms. The average Bonchev–Trinajstić information content (AvgIpc) is 2.86. The topological polar surface area (TPSA) is 47.1 Å². The van der Waals surface area contributed by atoms with E-state index in [0.717, 1.165) is 42.6 Å². The SMILES string of the molecule is NCCc1cccc(Cl)c1N1CCn2ccnc2C1. The molecule has 3 rings (SSSR count). The van der Waals surface area contributed by atoms with Crippen molar-refractivity contribution in [2.75, 3.05) is 18.0 Å². The smallest absolute Gasteiger partial charge is 0.128 e.